The fourth-order valence-corrected chi connectivity index (χ4v) is 4.25. The van der Waals surface area contributed by atoms with Gasteiger partial charge in [0, 0.05) is 27.6 Å². The first-order valence-corrected chi connectivity index (χ1v) is 9.79. The van der Waals surface area contributed by atoms with E-state index in [1.54, 1.807) is 11.8 Å². The molecule has 7 heteroatoms. The minimum atomic E-state index is -4.17. The molecule has 1 aliphatic heterocycles. The molecular weight excluding hydrogens is 393 g/mol. The topological polar surface area (TPSA) is 24.4 Å². The third-order valence-corrected chi connectivity index (χ3v) is 5.79. The van der Waals surface area contributed by atoms with Gasteiger partial charge in [-0.15, -0.1) is 0 Å². The van der Waals surface area contributed by atoms with Crippen molar-refractivity contribution in [2.45, 2.75) is 35.2 Å². The highest BCUT2D eigenvalue weighted by Gasteiger charge is 2.27. The molecule has 0 unspecified atom stereocenters. The Hall–Kier alpha value is -1.92. The number of halogens is 4. The molecule has 2 nitrogen and oxygen atoms in total. The number of hydrogen-bond acceptors (Lipinski definition) is 3. The van der Waals surface area contributed by atoms with Crippen molar-refractivity contribution >= 4 is 39.9 Å². The van der Waals surface area contributed by atoms with E-state index in [-0.39, 0.29) is 6.54 Å². The van der Waals surface area contributed by atoms with Gasteiger partial charge in [-0.3, -0.25) is 0 Å². The van der Waals surface area contributed by atoms with E-state index in [2.05, 4.69) is 10.3 Å². The van der Waals surface area contributed by atoms with E-state index in [1.807, 2.05) is 42.5 Å². The lowest BCUT2D eigenvalue weighted by Crippen LogP contribution is -2.20. The number of rotatable bonds is 4. The minimum absolute atomic E-state index is 0.135. The predicted octanol–water partition coefficient (Wildman–Crippen LogP) is 6.52. The van der Waals surface area contributed by atoms with Gasteiger partial charge >= 0.3 is 6.18 Å². The van der Waals surface area contributed by atoms with Crippen LogP contribution in [0.5, 0.6) is 0 Å². The number of nitrogens with one attached hydrogen (secondary N) is 1. The van der Waals surface area contributed by atoms with Crippen molar-refractivity contribution in [1.29, 1.82) is 0 Å². The third-order valence-electron chi connectivity index (χ3n) is 4.36. The summed E-state index contributed by atoms with van der Waals surface area (Å²) >= 11 is 7.99. The molecule has 27 heavy (non-hydrogen) atoms. The summed E-state index contributed by atoms with van der Waals surface area (Å²) < 4.78 is 37.4. The highest BCUT2D eigenvalue weighted by Crippen LogP contribution is 2.43. The van der Waals surface area contributed by atoms with Crippen molar-refractivity contribution in [1.82, 2.24) is 5.32 Å². The normalized spacial score (nSPS) is 15.4. The number of alkyl halides is 3. The molecular formula is C20H16ClF3N2S. The number of allylic oxidation sites excluding steroid dienone is 1. The molecule has 1 fully saturated rings. The van der Waals surface area contributed by atoms with Crippen LogP contribution < -0.4 is 5.32 Å². The maximum absolute atomic E-state index is 12.5. The monoisotopic (exact) mass is 408 g/mol. The number of fused-ring (bicyclic) bond motifs is 2. The van der Waals surface area contributed by atoms with Crippen molar-refractivity contribution in [2.75, 3.05) is 6.54 Å². The van der Waals surface area contributed by atoms with E-state index in [9.17, 15) is 13.2 Å². The van der Waals surface area contributed by atoms with Gasteiger partial charge in [-0.25, -0.2) is 4.99 Å². The summed E-state index contributed by atoms with van der Waals surface area (Å²) in [7, 11) is 0. The Bertz CT molecular complexity index is 944. The van der Waals surface area contributed by atoms with Crippen molar-refractivity contribution < 1.29 is 13.2 Å². The van der Waals surface area contributed by atoms with Gasteiger partial charge in [-0.05, 0) is 42.2 Å². The molecule has 4 rings (SSSR count). The summed E-state index contributed by atoms with van der Waals surface area (Å²) in [4.78, 5) is 6.55. The Morgan fingerprint density at radius 2 is 1.89 bits per heavy atom. The zero-order valence-corrected chi connectivity index (χ0v) is 15.8. The quantitative estimate of drug-likeness (QED) is 0.623. The molecule has 0 radical (unpaired) electrons. The summed E-state index contributed by atoms with van der Waals surface area (Å²) in [5.41, 5.74) is 4.40. The van der Waals surface area contributed by atoms with Crippen LogP contribution >= 0.6 is 23.4 Å². The second kappa shape index (κ2) is 7.24. The van der Waals surface area contributed by atoms with E-state index in [0.29, 0.717) is 5.17 Å². The molecule has 1 saturated carbocycles. The highest BCUT2D eigenvalue weighted by atomic mass is 35.5. The van der Waals surface area contributed by atoms with Crippen LogP contribution in [0.15, 0.2) is 62.8 Å². The van der Waals surface area contributed by atoms with Gasteiger partial charge < -0.3 is 5.32 Å². The molecule has 1 aliphatic carbocycles. The Balaban J connectivity index is 1.64. The van der Waals surface area contributed by atoms with E-state index < -0.39 is 12.6 Å². The summed E-state index contributed by atoms with van der Waals surface area (Å²) in [6.45, 7) is -0.135. The summed E-state index contributed by atoms with van der Waals surface area (Å²) in [6, 6.07) is 13.6. The molecule has 2 aromatic carbocycles. The molecule has 1 heterocycles. The van der Waals surface area contributed by atoms with Gasteiger partial charge in [-0.1, -0.05) is 47.6 Å². The van der Waals surface area contributed by atoms with Crippen molar-refractivity contribution in [3.8, 4) is 0 Å². The molecule has 0 bridgehead atoms. The number of aliphatic imine (C=N–C) groups is 1. The van der Waals surface area contributed by atoms with Crippen LogP contribution in [0.25, 0.3) is 5.70 Å². The number of benzene rings is 2. The first-order chi connectivity index (χ1) is 12.9. The second-order valence-corrected chi connectivity index (χ2v) is 7.90. The zero-order valence-electron chi connectivity index (χ0n) is 14.2. The van der Waals surface area contributed by atoms with Crippen molar-refractivity contribution in [3.05, 3.63) is 59.2 Å². The van der Waals surface area contributed by atoms with Crippen molar-refractivity contribution in [2.24, 2.45) is 4.99 Å². The van der Waals surface area contributed by atoms with E-state index in [1.165, 1.54) is 0 Å². The lowest BCUT2D eigenvalue weighted by Gasteiger charge is -2.14. The standard InChI is InChI=1S/C20H16ClF3N2S/c21-19-14-3-1-2-4-16(14)27-17-8-7-13(11-15(17)26-19)18(12-5-6-12)25-10-9-20(22,23)24/h1-4,7-8,11,25H,5-6,9-10H2. The van der Waals surface area contributed by atoms with Crippen molar-refractivity contribution in [3.63, 3.8) is 0 Å². The molecule has 0 spiro atoms. The van der Waals surface area contributed by atoms with Gasteiger partial charge in [0.15, 0.2) is 0 Å². The van der Waals surface area contributed by atoms with Crippen LogP contribution in [0.2, 0.25) is 0 Å². The smallest absolute Gasteiger partial charge is 0.384 e. The third kappa shape index (κ3) is 4.33. The minimum Gasteiger partial charge on any atom is -0.384 e. The van der Waals surface area contributed by atoms with Gasteiger partial charge in [-0.2, -0.15) is 13.2 Å². The maximum atomic E-state index is 12.5. The Labute approximate surface area is 164 Å². The van der Waals surface area contributed by atoms with E-state index >= 15 is 0 Å². The van der Waals surface area contributed by atoms with Crippen LogP contribution in [-0.2, 0) is 0 Å². The molecule has 1 N–H and O–H groups in total. The number of nitrogens with zero attached hydrogens (tertiary/aromatic N) is 1. The molecule has 140 valence electrons. The molecule has 2 aromatic rings. The molecule has 0 saturated heterocycles. The lowest BCUT2D eigenvalue weighted by molar-refractivity contribution is -0.132. The first kappa shape index (κ1) is 18.4. The fraction of sp³-hybridized carbons (Fsp3) is 0.250. The van der Waals surface area contributed by atoms with Crippen LogP contribution in [0.4, 0.5) is 18.9 Å². The molecule has 0 aromatic heterocycles. The Morgan fingerprint density at radius 3 is 2.63 bits per heavy atom. The van der Waals surface area contributed by atoms with Crippen LogP contribution in [-0.4, -0.2) is 17.9 Å². The van der Waals surface area contributed by atoms with Gasteiger partial charge in [0.25, 0.3) is 0 Å². The average Bonchev–Trinajstić information content (AvgIpc) is 3.45. The van der Waals surface area contributed by atoms with E-state index in [0.717, 1.165) is 50.7 Å². The summed E-state index contributed by atoms with van der Waals surface area (Å²) in [5.74, 6) is 0. The second-order valence-electron chi connectivity index (χ2n) is 6.45. The van der Waals surface area contributed by atoms with Gasteiger partial charge in [0.1, 0.15) is 5.17 Å². The van der Waals surface area contributed by atoms with E-state index in [4.69, 9.17) is 11.6 Å². The van der Waals surface area contributed by atoms with Crippen LogP contribution in [0.1, 0.15) is 30.4 Å². The maximum Gasteiger partial charge on any atom is 0.390 e. The Morgan fingerprint density at radius 1 is 1.11 bits per heavy atom. The summed E-state index contributed by atoms with van der Waals surface area (Å²) in [6.07, 6.45) is -3.20. The largest absolute Gasteiger partial charge is 0.390 e. The Kier molecular flexibility index (Phi) is 4.95. The zero-order chi connectivity index (χ0) is 19.0. The number of hydrogen-bond donors (Lipinski definition) is 1. The lowest BCUT2D eigenvalue weighted by atomic mass is 10.1. The highest BCUT2D eigenvalue weighted by molar-refractivity contribution is 7.99. The SMILES string of the molecule is FC(F)(F)CCNC(=C1CC1)c1ccc2c(c1)N=C(Cl)c1ccccc1S2. The predicted molar refractivity (Wildman–Crippen MR) is 104 cm³/mol. The van der Waals surface area contributed by atoms with Gasteiger partial charge in [0.2, 0.25) is 0 Å². The van der Waals surface area contributed by atoms with Gasteiger partial charge in [0.05, 0.1) is 12.1 Å². The molecule has 2 aliphatic rings. The summed E-state index contributed by atoms with van der Waals surface area (Å²) in [5, 5.41) is 3.39. The first-order valence-electron chi connectivity index (χ1n) is 8.59. The van der Waals surface area contributed by atoms with Crippen LogP contribution in [0.3, 0.4) is 0 Å². The average molecular weight is 409 g/mol. The molecule has 0 atom stereocenters. The fourth-order valence-electron chi connectivity index (χ4n) is 2.93. The van der Waals surface area contributed by atoms with Crippen LogP contribution in [0, 0.1) is 0 Å². The molecule has 0 amide bonds.